The van der Waals surface area contributed by atoms with Gasteiger partial charge in [0.25, 0.3) is 0 Å². The standard InChI is InChI=1S/C17H17F3N4O3S.C12H14F3NO2S.C11H9N3O2/c18-13-2-1-3-15(10-13)28(26,27)17(19,20)12-5-8-24(9-6-12)16(25)23-14-4-7-21-22-11-14;13-10-2-1-3-11(8-10)19(17,18)12(14,15)9-4-6-16-7-5-9;15-11(14-9-6-7-12-13-8-9)16-10-4-2-1-3-5-10/h1-4,7,10-12H,5-6,8-9H2,(H,21,23,25);1-3,8-9,16H,4-7H2;1-8H,(H,12,14,15). The van der Waals surface area contributed by atoms with Crippen molar-refractivity contribution in [2.75, 3.05) is 36.8 Å². The Kier molecular flexibility index (Phi) is 16.1. The van der Waals surface area contributed by atoms with Gasteiger partial charge in [-0.05, 0) is 99.4 Å². The third kappa shape index (κ3) is 12.5. The van der Waals surface area contributed by atoms with Crippen LogP contribution in [0.2, 0.25) is 0 Å². The predicted octanol–water partition coefficient (Wildman–Crippen LogP) is 7.21. The fourth-order valence-electron chi connectivity index (χ4n) is 6.27. The van der Waals surface area contributed by atoms with E-state index in [0.29, 0.717) is 42.3 Å². The Hall–Kier alpha value is -6.20. The first kappa shape index (κ1) is 47.8. The number of nitrogens with zero attached hydrogens (tertiary/aromatic N) is 5. The molecular weight excluding hydrogens is 883 g/mol. The number of hydrogen-bond acceptors (Lipinski definition) is 12. The van der Waals surface area contributed by atoms with Gasteiger partial charge >= 0.3 is 22.6 Å². The number of rotatable bonds is 9. The summed E-state index contributed by atoms with van der Waals surface area (Å²) in [5, 5.41) is 14.5. The van der Waals surface area contributed by atoms with Crippen LogP contribution in [-0.4, -0.2) is 90.9 Å². The molecule has 4 heterocycles. The van der Waals surface area contributed by atoms with Crippen molar-refractivity contribution in [1.29, 1.82) is 0 Å². The van der Waals surface area contributed by atoms with Crippen LogP contribution in [0.3, 0.4) is 0 Å². The highest BCUT2D eigenvalue weighted by Gasteiger charge is 2.54. The number of piperidine rings is 2. The molecule has 3 aromatic carbocycles. The highest BCUT2D eigenvalue weighted by Crippen LogP contribution is 2.42. The van der Waals surface area contributed by atoms with Crippen LogP contribution in [0.5, 0.6) is 5.75 Å². The summed E-state index contributed by atoms with van der Waals surface area (Å²) in [5.74, 6) is -3.98. The van der Waals surface area contributed by atoms with E-state index in [2.05, 4.69) is 36.3 Å². The third-order valence-corrected chi connectivity index (χ3v) is 13.5. The van der Waals surface area contributed by atoms with Crippen LogP contribution in [0.25, 0.3) is 0 Å². The lowest BCUT2D eigenvalue weighted by Gasteiger charge is -2.35. The number of benzene rings is 3. The number of likely N-dealkylation sites (tertiary alicyclic amines) is 1. The number of alkyl halides is 4. The van der Waals surface area contributed by atoms with E-state index in [-0.39, 0.29) is 38.8 Å². The smallest absolute Gasteiger partial charge is 0.410 e. The van der Waals surface area contributed by atoms with Crippen molar-refractivity contribution < 1.29 is 57.5 Å². The second-order valence-electron chi connectivity index (χ2n) is 13.9. The fraction of sp³-hybridized carbons (Fsp3) is 0.300. The Morgan fingerprint density at radius 1 is 0.635 bits per heavy atom. The number of carbonyl (C=O) groups is 2. The van der Waals surface area contributed by atoms with Crippen molar-refractivity contribution in [2.45, 2.75) is 46.0 Å². The van der Waals surface area contributed by atoms with E-state index in [9.17, 15) is 52.8 Å². The lowest BCUT2D eigenvalue weighted by Crippen LogP contribution is -2.47. The molecule has 2 aliphatic rings. The molecule has 0 unspecified atom stereocenters. The molecular formula is C40H40F6N8O7S2. The summed E-state index contributed by atoms with van der Waals surface area (Å²) >= 11 is 0. The normalized spacial score (nSPS) is 15.1. The molecule has 7 rings (SSSR count). The molecule has 2 aromatic heterocycles. The maximum absolute atomic E-state index is 14.7. The van der Waals surface area contributed by atoms with E-state index in [1.807, 2.05) is 6.07 Å². The lowest BCUT2D eigenvalue weighted by molar-refractivity contribution is 0.000412. The van der Waals surface area contributed by atoms with Gasteiger partial charge in [0.1, 0.15) is 17.4 Å². The maximum Gasteiger partial charge on any atom is 0.417 e. The molecule has 23 heteroatoms. The summed E-state index contributed by atoms with van der Waals surface area (Å²) in [6.07, 6.45) is 4.85. The monoisotopic (exact) mass is 922 g/mol. The van der Waals surface area contributed by atoms with Gasteiger partial charge in [0, 0.05) is 24.9 Å². The molecule has 0 atom stereocenters. The van der Waals surface area contributed by atoms with E-state index >= 15 is 0 Å². The van der Waals surface area contributed by atoms with Gasteiger partial charge in [-0.1, -0.05) is 30.3 Å². The Labute approximate surface area is 358 Å². The van der Waals surface area contributed by atoms with Crippen LogP contribution in [-0.2, 0) is 19.7 Å². The Bertz CT molecular complexity index is 2460. The zero-order chi connectivity index (χ0) is 45.7. The zero-order valence-electron chi connectivity index (χ0n) is 33.0. The van der Waals surface area contributed by atoms with E-state index in [0.717, 1.165) is 36.4 Å². The molecule has 3 N–H and O–H groups in total. The molecule has 2 saturated heterocycles. The average Bonchev–Trinajstić information content (AvgIpc) is 3.28. The molecule has 0 aliphatic carbocycles. The number of aromatic nitrogens is 4. The SMILES string of the molecule is O=C(Nc1ccnnc1)N1CCC(C(F)(F)S(=O)(=O)c2cccc(F)c2)CC1.O=C(Nc1ccnnc1)Oc1ccccc1.O=S(=O)(c1cccc(F)c1)C(F)(F)C1CCNCC1. The number of amides is 3. The fourth-order valence-corrected chi connectivity index (χ4v) is 9.30. The maximum atomic E-state index is 14.7. The molecule has 336 valence electrons. The van der Waals surface area contributed by atoms with Crippen molar-refractivity contribution in [3.63, 3.8) is 0 Å². The molecule has 0 bridgehead atoms. The van der Waals surface area contributed by atoms with Crippen LogP contribution in [0.1, 0.15) is 25.7 Å². The summed E-state index contributed by atoms with van der Waals surface area (Å²) in [6, 6.07) is 18.8. The van der Waals surface area contributed by atoms with E-state index in [4.69, 9.17) is 4.74 Å². The van der Waals surface area contributed by atoms with E-state index in [1.165, 1.54) is 35.8 Å². The van der Waals surface area contributed by atoms with Gasteiger partial charge in [-0.15, -0.1) is 0 Å². The third-order valence-electron chi connectivity index (χ3n) is 9.62. The molecule has 3 amide bonds. The molecule has 2 fully saturated rings. The summed E-state index contributed by atoms with van der Waals surface area (Å²) in [6.45, 7) is 0.643. The van der Waals surface area contributed by atoms with Crippen LogP contribution in [0.4, 0.5) is 47.3 Å². The van der Waals surface area contributed by atoms with Gasteiger partial charge < -0.3 is 20.3 Å². The molecule has 15 nitrogen and oxygen atoms in total. The first-order chi connectivity index (χ1) is 29.9. The minimum absolute atomic E-state index is 0.0384. The van der Waals surface area contributed by atoms with Crippen LogP contribution in [0.15, 0.2) is 126 Å². The number of carbonyl (C=O) groups excluding carboxylic acids is 2. The van der Waals surface area contributed by atoms with Crippen molar-refractivity contribution in [3.8, 4) is 5.75 Å². The number of urea groups is 1. The number of ether oxygens (including phenoxy) is 1. The lowest BCUT2D eigenvalue weighted by atomic mass is 9.97. The highest BCUT2D eigenvalue weighted by molar-refractivity contribution is 7.92. The number of para-hydroxylation sites is 1. The number of hydrogen-bond donors (Lipinski definition) is 3. The number of sulfone groups is 2. The molecule has 2 aliphatic heterocycles. The minimum Gasteiger partial charge on any atom is -0.410 e. The van der Waals surface area contributed by atoms with Crippen molar-refractivity contribution in [3.05, 3.63) is 127 Å². The number of nitrogens with one attached hydrogen (secondary N) is 3. The topological polar surface area (TPSA) is 203 Å². The average molecular weight is 923 g/mol. The largest absolute Gasteiger partial charge is 0.417 e. The van der Waals surface area contributed by atoms with E-state index < -0.39 is 75.6 Å². The second-order valence-corrected chi connectivity index (χ2v) is 17.9. The first-order valence-electron chi connectivity index (χ1n) is 19.0. The van der Waals surface area contributed by atoms with Gasteiger partial charge in [-0.2, -0.15) is 38.0 Å². The summed E-state index contributed by atoms with van der Waals surface area (Å²) < 4.78 is 138. The predicted molar refractivity (Wildman–Crippen MR) is 216 cm³/mol. The number of halogens is 6. The summed E-state index contributed by atoms with van der Waals surface area (Å²) in [4.78, 5) is 23.5. The first-order valence-corrected chi connectivity index (χ1v) is 22.0. The second kappa shape index (κ2) is 21.3. The zero-order valence-corrected chi connectivity index (χ0v) is 34.6. The van der Waals surface area contributed by atoms with Gasteiger partial charge in [0.15, 0.2) is 0 Å². The van der Waals surface area contributed by atoms with Crippen molar-refractivity contribution >= 4 is 43.2 Å². The summed E-state index contributed by atoms with van der Waals surface area (Å²) in [7, 11) is -9.92. The minimum atomic E-state index is -5.05. The van der Waals surface area contributed by atoms with Crippen molar-refractivity contribution in [2.24, 2.45) is 11.8 Å². The molecule has 0 radical (unpaired) electrons. The molecule has 5 aromatic rings. The molecule has 0 saturated carbocycles. The van der Waals surface area contributed by atoms with Crippen LogP contribution < -0.4 is 20.7 Å². The highest BCUT2D eigenvalue weighted by atomic mass is 32.2. The van der Waals surface area contributed by atoms with Gasteiger partial charge in [0.05, 0.1) is 46.0 Å². The van der Waals surface area contributed by atoms with Crippen LogP contribution in [0, 0.1) is 23.5 Å². The van der Waals surface area contributed by atoms with Crippen LogP contribution >= 0.6 is 0 Å². The quantitative estimate of drug-likeness (QED) is 0.126. The van der Waals surface area contributed by atoms with E-state index in [1.54, 1.807) is 30.3 Å². The summed E-state index contributed by atoms with van der Waals surface area (Å²) in [5.41, 5.74) is 0.942. The molecule has 0 spiro atoms. The van der Waals surface area contributed by atoms with Gasteiger partial charge in [-0.3, -0.25) is 5.32 Å². The Balaban J connectivity index is 0.000000187. The Morgan fingerprint density at radius 2 is 1.11 bits per heavy atom. The molecule has 63 heavy (non-hydrogen) atoms. The van der Waals surface area contributed by atoms with Gasteiger partial charge in [0.2, 0.25) is 19.7 Å². The number of anilines is 2. The van der Waals surface area contributed by atoms with Crippen molar-refractivity contribution in [1.82, 2.24) is 30.6 Å². The Morgan fingerprint density at radius 3 is 1.57 bits per heavy atom. The van der Waals surface area contributed by atoms with Gasteiger partial charge in [-0.25, -0.2) is 35.2 Å².